The van der Waals surface area contributed by atoms with Gasteiger partial charge in [0.25, 0.3) is 5.69 Å². The molecule has 9 heteroatoms. The van der Waals surface area contributed by atoms with E-state index < -0.39 is 45.2 Å². The minimum Gasteiger partial charge on any atom is -0.478 e. The van der Waals surface area contributed by atoms with E-state index in [0.29, 0.717) is 12.1 Å². The zero-order valence-corrected chi connectivity index (χ0v) is 10.2. The fourth-order valence-electron chi connectivity index (χ4n) is 1.47. The first-order valence-corrected chi connectivity index (χ1v) is 5.25. The molecule has 9 nitrogen and oxygen atoms in total. The molecular formula is C11H9NO8. The van der Waals surface area contributed by atoms with Crippen molar-refractivity contribution in [2.45, 2.75) is 6.92 Å². The normalized spacial score (nSPS) is 9.85. The van der Waals surface area contributed by atoms with Crippen LogP contribution in [0.5, 0.6) is 0 Å². The fourth-order valence-corrected chi connectivity index (χ4v) is 1.47. The lowest BCUT2D eigenvalue weighted by Crippen LogP contribution is -2.14. The van der Waals surface area contributed by atoms with Crippen molar-refractivity contribution in [2.75, 3.05) is 6.61 Å². The number of rotatable bonds is 5. The van der Waals surface area contributed by atoms with E-state index in [1.807, 2.05) is 0 Å². The van der Waals surface area contributed by atoms with Gasteiger partial charge in [0.05, 0.1) is 22.7 Å². The molecule has 0 bridgehead atoms. The highest BCUT2D eigenvalue weighted by atomic mass is 16.6. The van der Waals surface area contributed by atoms with E-state index in [4.69, 9.17) is 10.2 Å². The van der Waals surface area contributed by atoms with Crippen molar-refractivity contribution < 1.29 is 34.3 Å². The molecule has 1 rings (SSSR count). The van der Waals surface area contributed by atoms with Crippen LogP contribution < -0.4 is 0 Å². The van der Waals surface area contributed by atoms with Crippen LogP contribution in [-0.2, 0) is 4.74 Å². The van der Waals surface area contributed by atoms with Crippen molar-refractivity contribution in [3.05, 3.63) is 38.9 Å². The Morgan fingerprint density at radius 2 is 1.65 bits per heavy atom. The summed E-state index contributed by atoms with van der Waals surface area (Å²) in [6, 6.07) is 1.15. The van der Waals surface area contributed by atoms with E-state index in [0.717, 1.165) is 0 Å². The zero-order valence-electron chi connectivity index (χ0n) is 10.2. The SMILES string of the molecule is CCOC(=O)c1cc(C(=O)O)c(C(=O)O)cc1[N+](=O)[O-]. The minimum atomic E-state index is -1.65. The number of carboxylic acid groups (broad SMARTS) is 2. The smallest absolute Gasteiger partial charge is 0.345 e. The third kappa shape index (κ3) is 2.88. The van der Waals surface area contributed by atoms with Gasteiger partial charge in [-0.3, -0.25) is 10.1 Å². The first kappa shape index (κ1) is 15.1. The van der Waals surface area contributed by atoms with Crippen LogP contribution in [0.2, 0.25) is 0 Å². The summed E-state index contributed by atoms with van der Waals surface area (Å²) in [6.07, 6.45) is 0. The van der Waals surface area contributed by atoms with Gasteiger partial charge >= 0.3 is 17.9 Å². The van der Waals surface area contributed by atoms with Crippen molar-refractivity contribution in [2.24, 2.45) is 0 Å². The Balaban J connectivity index is 3.61. The van der Waals surface area contributed by atoms with E-state index in [1.165, 1.54) is 6.92 Å². The second-order valence-electron chi connectivity index (χ2n) is 3.50. The molecule has 0 saturated carbocycles. The number of aromatic carboxylic acids is 2. The quantitative estimate of drug-likeness (QED) is 0.465. The third-order valence-electron chi connectivity index (χ3n) is 2.29. The van der Waals surface area contributed by atoms with Crippen LogP contribution >= 0.6 is 0 Å². The molecule has 0 aliphatic carbocycles. The predicted molar refractivity (Wildman–Crippen MR) is 63.0 cm³/mol. The summed E-state index contributed by atoms with van der Waals surface area (Å²) >= 11 is 0. The number of ether oxygens (including phenoxy) is 1. The molecule has 0 atom stereocenters. The number of nitrogens with zero attached hydrogens (tertiary/aromatic N) is 1. The molecule has 1 aromatic carbocycles. The van der Waals surface area contributed by atoms with Crippen molar-refractivity contribution >= 4 is 23.6 Å². The molecule has 0 saturated heterocycles. The lowest BCUT2D eigenvalue weighted by Gasteiger charge is -2.07. The number of esters is 1. The summed E-state index contributed by atoms with van der Waals surface area (Å²) in [5.41, 5.74) is -2.95. The molecule has 0 aliphatic heterocycles. The zero-order chi connectivity index (χ0) is 15.4. The molecule has 2 N–H and O–H groups in total. The van der Waals surface area contributed by atoms with E-state index in [-0.39, 0.29) is 6.61 Å². The van der Waals surface area contributed by atoms with Crippen LogP contribution in [0.25, 0.3) is 0 Å². The Hall–Kier alpha value is -2.97. The number of carbonyl (C=O) groups excluding carboxylic acids is 1. The van der Waals surface area contributed by atoms with Gasteiger partial charge in [0.2, 0.25) is 0 Å². The number of nitro groups is 1. The first-order chi connectivity index (χ1) is 9.29. The highest BCUT2D eigenvalue weighted by Crippen LogP contribution is 2.25. The molecule has 1 aromatic rings. The maximum absolute atomic E-state index is 11.6. The molecule has 0 aromatic heterocycles. The van der Waals surface area contributed by atoms with Crippen molar-refractivity contribution in [1.29, 1.82) is 0 Å². The van der Waals surface area contributed by atoms with Gasteiger partial charge in [0.15, 0.2) is 0 Å². The van der Waals surface area contributed by atoms with Crippen LogP contribution in [0.15, 0.2) is 12.1 Å². The van der Waals surface area contributed by atoms with Gasteiger partial charge in [0, 0.05) is 6.07 Å². The number of hydrogen-bond acceptors (Lipinski definition) is 6. The number of carboxylic acids is 2. The molecule has 0 radical (unpaired) electrons. The number of hydrogen-bond donors (Lipinski definition) is 2. The van der Waals surface area contributed by atoms with Gasteiger partial charge in [-0.2, -0.15) is 0 Å². The van der Waals surface area contributed by atoms with E-state index >= 15 is 0 Å². The Morgan fingerprint density at radius 3 is 2.05 bits per heavy atom. The highest BCUT2D eigenvalue weighted by Gasteiger charge is 2.28. The summed E-state index contributed by atoms with van der Waals surface area (Å²) in [4.78, 5) is 43.3. The molecule has 0 unspecified atom stereocenters. The van der Waals surface area contributed by atoms with Gasteiger partial charge in [-0.05, 0) is 13.0 Å². The summed E-state index contributed by atoms with van der Waals surface area (Å²) in [5.74, 6) is -4.37. The van der Waals surface area contributed by atoms with Crippen molar-refractivity contribution in [3.8, 4) is 0 Å². The molecule has 106 valence electrons. The van der Waals surface area contributed by atoms with Crippen LogP contribution in [0.1, 0.15) is 38.0 Å². The largest absolute Gasteiger partial charge is 0.478 e. The summed E-state index contributed by atoms with van der Waals surface area (Å²) in [6.45, 7) is 1.40. The molecular weight excluding hydrogens is 274 g/mol. The molecule has 0 heterocycles. The lowest BCUT2D eigenvalue weighted by atomic mass is 10.0. The second-order valence-corrected chi connectivity index (χ2v) is 3.50. The summed E-state index contributed by atoms with van der Waals surface area (Å²) < 4.78 is 4.57. The number of nitro benzene ring substituents is 1. The van der Waals surface area contributed by atoms with E-state index in [9.17, 15) is 24.5 Å². The number of benzene rings is 1. The summed E-state index contributed by atoms with van der Waals surface area (Å²) in [7, 11) is 0. The van der Waals surface area contributed by atoms with Gasteiger partial charge in [-0.15, -0.1) is 0 Å². The molecule has 0 spiro atoms. The van der Waals surface area contributed by atoms with E-state index in [1.54, 1.807) is 0 Å². The fraction of sp³-hybridized carbons (Fsp3) is 0.182. The van der Waals surface area contributed by atoms with Gasteiger partial charge < -0.3 is 14.9 Å². The molecule has 0 aliphatic rings. The maximum Gasteiger partial charge on any atom is 0.345 e. The van der Waals surface area contributed by atoms with Crippen LogP contribution in [-0.4, -0.2) is 39.7 Å². The minimum absolute atomic E-state index is 0.0704. The average molecular weight is 283 g/mol. The summed E-state index contributed by atoms with van der Waals surface area (Å²) in [5, 5.41) is 28.6. The van der Waals surface area contributed by atoms with Gasteiger partial charge in [-0.1, -0.05) is 0 Å². The number of carbonyl (C=O) groups is 3. The Labute approximate surface area is 111 Å². The molecule has 0 amide bonds. The van der Waals surface area contributed by atoms with Crippen molar-refractivity contribution in [3.63, 3.8) is 0 Å². The third-order valence-corrected chi connectivity index (χ3v) is 2.29. The Bertz CT molecular complexity index is 607. The Morgan fingerprint density at radius 1 is 1.15 bits per heavy atom. The van der Waals surface area contributed by atoms with Crippen LogP contribution in [0.3, 0.4) is 0 Å². The van der Waals surface area contributed by atoms with Gasteiger partial charge in [0.1, 0.15) is 5.56 Å². The topological polar surface area (TPSA) is 144 Å². The van der Waals surface area contributed by atoms with Crippen molar-refractivity contribution in [1.82, 2.24) is 0 Å². The molecule has 20 heavy (non-hydrogen) atoms. The van der Waals surface area contributed by atoms with Crippen LogP contribution in [0, 0.1) is 10.1 Å². The predicted octanol–water partition coefficient (Wildman–Crippen LogP) is 1.17. The second kappa shape index (κ2) is 5.78. The molecule has 0 fully saturated rings. The monoisotopic (exact) mass is 283 g/mol. The first-order valence-electron chi connectivity index (χ1n) is 5.25. The highest BCUT2D eigenvalue weighted by molar-refractivity contribution is 6.05. The lowest BCUT2D eigenvalue weighted by molar-refractivity contribution is -0.385. The average Bonchev–Trinajstić information content (AvgIpc) is 2.36. The standard InChI is InChI=1S/C11H9NO8/c1-2-20-11(17)7-3-5(9(13)14)6(10(15)16)4-8(7)12(18)19/h3-4H,2H2,1H3,(H,13,14)(H,15,16). The maximum atomic E-state index is 11.6. The van der Waals surface area contributed by atoms with E-state index in [2.05, 4.69) is 4.74 Å². The van der Waals surface area contributed by atoms with Gasteiger partial charge in [-0.25, -0.2) is 14.4 Å². The van der Waals surface area contributed by atoms with Crippen LogP contribution in [0.4, 0.5) is 5.69 Å². The Kier molecular flexibility index (Phi) is 4.36.